The molecule has 0 fully saturated rings. The van der Waals surface area contributed by atoms with Crippen LogP contribution in [0.1, 0.15) is 23.0 Å². The molecule has 2 aromatic carbocycles. The van der Waals surface area contributed by atoms with Crippen LogP contribution < -0.4 is 0 Å². The lowest BCUT2D eigenvalue weighted by atomic mass is 9.94. The lowest BCUT2D eigenvalue weighted by Gasteiger charge is -2.16. The molecule has 130 valence electrons. The SMILES string of the molecule is CCOC(=O)c1c(C)nc2ccc(Cl)cc2c1-c1ccccc1Cl.Cl. The van der Waals surface area contributed by atoms with E-state index in [1.807, 2.05) is 24.3 Å². The highest BCUT2D eigenvalue weighted by Gasteiger charge is 2.22. The van der Waals surface area contributed by atoms with Gasteiger partial charge >= 0.3 is 5.97 Å². The van der Waals surface area contributed by atoms with E-state index in [9.17, 15) is 4.79 Å². The van der Waals surface area contributed by atoms with Crippen LogP contribution in [0.15, 0.2) is 42.5 Å². The van der Waals surface area contributed by atoms with Gasteiger partial charge in [-0.05, 0) is 38.1 Å². The van der Waals surface area contributed by atoms with Gasteiger partial charge < -0.3 is 4.74 Å². The van der Waals surface area contributed by atoms with Crippen molar-refractivity contribution in [3.8, 4) is 11.1 Å². The Morgan fingerprint density at radius 2 is 1.88 bits per heavy atom. The summed E-state index contributed by atoms with van der Waals surface area (Å²) in [5.74, 6) is -0.417. The van der Waals surface area contributed by atoms with Gasteiger partial charge in [-0.2, -0.15) is 0 Å². The quantitative estimate of drug-likeness (QED) is 0.501. The Bertz CT molecular complexity index is 941. The van der Waals surface area contributed by atoms with Crippen LogP contribution in [0, 0.1) is 6.92 Å². The van der Waals surface area contributed by atoms with E-state index in [1.165, 1.54) is 0 Å². The predicted molar refractivity (Wildman–Crippen MR) is 105 cm³/mol. The molecule has 3 aromatic rings. The lowest BCUT2D eigenvalue weighted by molar-refractivity contribution is 0.0526. The van der Waals surface area contributed by atoms with E-state index in [4.69, 9.17) is 27.9 Å². The van der Waals surface area contributed by atoms with Gasteiger partial charge in [0.25, 0.3) is 0 Å². The molecule has 0 amide bonds. The van der Waals surface area contributed by atoms with Crippen molar-refractivity contribution in [1.29, 1.82) is 0 Å². The first kappa shape index (κ1) is 19.5. The zero-order chi connectivity index (χ0) is 17.3. The number of rotatable bonds is 3. The number of esters is 1. The summed E-state index contributed by atoms with van der Waals surface area (Å²) in [5, 5.41) is 1.88. The Morgan fingerprint density at radius 3 is 2.56 bits per heavy atom. The van der Waals surface area contributed by atoms with Crippen LogP contribution in [-0.2, 0) is 4.74 Å². The number of nitrogens with zero attached hydrogens (tertiary/aromatic N) is 1. The van der Waals surface area contributed by atoms with Crippen LogP contribution in [0.4, 0.5) is 0 Å². The standard InChI is InChI=1S/C19H15Cl2NO2.ClH/c1-3-24-19(23)17-11(2)22-16-9-8-12(20)10-14(16)18(17)13-6-4-5-7-15(13)21;/h4-10H,3H2,1-2H3;1H. The number of halogens is 3. The van der Waals surface area contributed by atoms with Crippen molar-refractivity contribution in [1.82, 2.24) is 4.98 Å². The van der Waals surface area contributed by atoms with Crippen molar-refractivity contribution in [3.05, 3.63) is 63.8 Å². The second-order valence-electron chi connectivity index (χ2n) is 5.31. The highest BCUT2D eigenvalue weighted by Crippen LogP contribution is 2.38. The van der Waals surface area contributed by atoms with Gasteiger partial charge in [-0.3, -0.25) is 4.98 Å². The Kier molecular flexibility index (Phi) is 6.28. The molecule has 6 heteroatoms. The number of ether oxygens (including phenoxy) is 1. The largest absolute Gasteiger partial charge is 0.462 e. The molecule has 0 aliphatic heterocycles. The Labute approximate surface area is 162 Å². The number of aryl methyl sites for hydroxylation is 1. The van der Waals surface area contributed by atoms with Crippen molar-refractivity contribution in [3.63, 3.8) is 0 Å². The molecule has 3 nitrogen and oxygen atoms in total. The molecule has 25 heavy (non-hydrogen) atoms. The molecule has 0 bridgehead atoms. The number of fused-ring (bicyclic) bond motifs is 1. The monoisotopic (exact) mass is 395 g/mol. The second-order valence-corrected chi connectivity index (χ2v) is 6.15. The molecular weight excluding hydrogens is 381 g/mol. The van der Waals surface area contributed by atoms with Crippen LogP contribution in [0.25, 0.3) is 22.0 Å². The third kappa shape index (κ3) is 3.74. The summed E-state index contributed by atoms with van der Waals surface area (Å²) in [6.45, 7) is 3.85. The first-order valence-corrected chi connectivity index (χ1v) is 8.30. The number of carbonyl (C=O) groups excluding carboxylic acids is 1. The van der Waals surface area contributed by atoms with Gasteiger partial charge in [-0.1, -0.05) is 41.4 Å². The predicted octanol–water partition coefficient (Wildman–Crippen LogP) is 6.12. The number of benzene rings is 2. The summed E-state index contributed by atoms with van der Waals surface area (Å²) >= 11 is 12.6. The first-order valence-electron chi connectivity index (χ1n) is 7.54. The number of carbonyl (C=O) groups is 1. The molecule has 0 radical (unpaired) electrons. The minimum atomic E-state index is -0.417. The molecule has 1 aromatic heterocycles. The van der Waals surface area contributed by atoms with Gasteiger partial charge in [0.15, 0.2) is 0 Å². The molecule has 0 N–H and O–H groups in total. The van der Waals surface area contributed by atoms with Gasteiger partial charge in [0, 0.05) is 26.6 Å². The summed E-state index contributed by atoms with van der Waals surface area (Å²) in [6, 6.07) is 12.8. The zero-order valence-corrected chi connectivity index (χ0v) is 16.0. The Balaban J connectivity index is 0.00000225. The highest BCUT2D eigenvalue weighted by atomic mass is 35.5. The number of pyridine rings is 1. The minimum Gasteiger partial charge on any atom is -0.462 e. The van der Waals surface area contributed by atoms with Crippen molar-refractivity contribution in [2.24, 2.45) is 0 Å². The second kappa shape index (κ2) is 8.05. The molecule has 0 saturated heterocycles. The van der Waals surface area contributed by atoms with Crippen LogP contribution in [0.3, 0.4) is 0 Å². The van der Waals surface area contributed by atoms with E-state index >= 15 is 0 Å². The molecule has 1 heterocycles. The maximum atomic E-state index is 12.6. The number of aromatic nitrogens is 1. The van der Waals surface area contributed by atoms with Crippen molar-refractivity contribution in [2.75, 3.05) is 6.61 Å². The Morgan fingerprint density at radius 1 is 1.16 bits per heavy atom. The minimum absolute atomic E-state index is 0. The molecule has 3 rings (SSSR count). The van der Waals surface area contributed by atoms with E-state index in [2.05, 4.69) is 4.98 Å². The molecule has 0 saturated carbocycles. The fourth-order valence-corrected chi connectivity index (χ4v) is 3.16. The van der Waals surface area contributed by atoms with Crippen molar-refractivity contribution in [2.45, 2.75) is 13.8 Å². The van der Waals surface area contributed by atoms with Crippen LogP contribution >= 0.6 is 35.6 Å². The van der Waals surface area contributed by atoms with E-state index < -0.39 is 5.97 Å². The zero-order valence-electron chi connectivity index (χ0n) is 13.7. The summed E-state index contributed by atoms with van der Waals surface area (Å²) < 4.78 is 5.23. The Hall–Kier alpha value is -1.81. The third-order valence-corrected chi connectivity index (χ3v) is 4.32. The molecule has 0 aliphatic carbocycles. The fraction of sp³-hybridized carbons (Fsp3) is 0.158. The average Bonchev–Trinajstić information content (AvgIpc) is 2.55. The average molecular weight is 397 g/mol. The van der Waals surface area contributed by atoms with Crippen LogP contribution in [0.5, 0.6) is 0 Å². The van der Waals surface area contributed by atoms with Crippen LogP contribution in [-0.4, -0.2) is 17.6 Å². The van der Waals surface area contributed by atoms with Crippen LogP contribution in [0.2, 0.25) is 10.0 Å². The van der Waals surface area contributed by atoms with E-state index in [-0.39, 0.29) is 19.0 Å². The fourth-order valence-electron chi connectivity index (χ4n) is 2.75. The topological polar surface area (TPSA) is 39.2 Å². The van der Waals surface area contributed by atoms with Gasteiger partial charge in [-0.15, -0.1) is 12.4 Å². The summed E-state index contributed by atoms with van der Waals surface area (Å²) in [7, 11) is 0. The molecule has 0 aliphatic rings. The third-order valence-electron chi connectivity index (χ3n) is 3.75. The molecule has 0 atom stereocenters. The summed E-state index contributed by atoms with van der Waals surface area (Å²) in [5.41, 5.74) is 3.21. The maximum absolute atomic E-state index is 12.6. The van der Waals surface area contributed by atoms with E-state index in [0.29, 0.717) is 26.9 Å². The van der Waals surface area contributed by atoms with Gasteiger partial charge in [0.05, 0.1) is 23.4 Å². The molecule has 0 unspecified atom stereocenters. The smallest absolute Gasteiger partial charge is 0.340 e. The number of hydrogen-bond donors (Lipinski definition) is 0. The molecular formula is C19H16Cl3NO2. The normalized spacial score (nSPS) is 10.4. The summed E-state index contributed by atoms with van der Waals surface area (Å²) in [6.07, 6.45) is 0. The number of hydrogen-bond acceptors (Lipinski definition) is 3. The van der Waals surface area contributed by atoms with E-state index in [1.54, 1.807) is 32.0 Å². The highest BCUT2D eigenvalue weighted by molar-refractivity contribution is 6.34. The van der Waals surface area contributed by atoms with Gasteiger partial charge in [0.1, 0.15) is 0 Å². The van der Waals surface area contributed by atoms with E-state index in [0.717, 1.165) is 16.5 Å². The summed E-state index contributed by atoms with van der Waals surface area (Å²) in [4.78, 5) is 17.1. The van der Waals surface area contributed by atoms with Gasteiger partial charge in [0.2, 0.25) is 0 Å². The first-order chi connectivity index (χ1) is 11.5. The maximum Gasteiger partial charge on any atom is 0.340 e. The van der Waals surface area contributed by atoms with Crippen molar-refractivity contribution < 1.29 is 9.53 Å². The van der Waals surface area contributed by atoms with Crippen molar-refractivity contribution >= 4 is 52.5 Å². The molecule has 0 spiro atoms. The van der Waals surface area contributed by atoms with Gasteiger partial charge in [-0.25, -0.2) is 4.79 Å². The lowest BCUT2D eigenvalue weighted by Crippen LogP contribution is -2.11.